The van der Waals surface area contributed by atoms with Crippen molar-refractivity contribution in [3.05, 3.63) is 10.6 Å². The molecule has 0 aliphatic carbocycles. The minimum absolute atomic E-state index is 0.0140. The molecule has 1 aromatic heterocycles. The van der Waals surface area contributed by atoms with E-state index in [0.29, 0.717) is 11.4 Å². The van der Waals surface area contributed by atoms with Gasteiger partial charge in [0.1, 0.15) is 4.88 Å². The summed E-state index contributed by atoms with van der Waals surface area (Å²) in [4.78, 5) is 12.3. The lowest BCUT2D eigenvalue weighted by Gasteiger charge is -2.07. The fourth-order valence-electron chi connectivity index (χ4n) is 1.04. The highest BCUT2D eigenvalue weighted by molar-refractivity contribution is 7.08. The Morgan fingerprint density at radius 1 is 1.60 bits per heavy atom. The second kappa shape index (κ2) is 6.02. The molecular formula is C9H14ClN3OS. The number of halogens is 1. The van der Waals surface area contributed by atoms with Gasteiger partial charge in [0.2, 0.25) is 0 Å². The molecule has 15 heavy (non-hydrogen) atoms. The number of nitrogens with one attached hydrogen (secondary N) is 1. The van der Waals surface area contributed by atoms with Crippen LogP contribution in [0.15, 0.2) is 0 Å². The minimum Gasteiger partial charge on any atom is -0.350 e. The van der Waals surface area contributed by atoms with Gasteiger partial charge in [-0.2, -0.15) is 0 Å². The molecule has 0 radical (unpaired) electrons. The van der Waals surface area contributed by atoms with Gasteiger partial charge in [0, 0.05) is 6.54 Å². The number of aromatic nitrogens is 2. The van der Waals surface area contributed by atoms with E-state index in [4.69, 9.17) is 11.6 Å². The third-order valence-electron chi connectivity index (χ3n) is 2.02. The number of carbonyl (C=O) groups excluding carboxylic acids is 1. The van der Waals surface area contributed by atoms with Gasteiger partial charge in [0.15, 0.2) is 0 Å². The fraction of sp³-hybridized carbons (Fsp3) is 0.667. The minimum atomic E-state index is -0.124. The van der Waals surface area contributed by atoms with E-state index in [1.165, 1.54) is 0 Å². The molecule has 0 aliphatic rings. The number of amides is 1. The predicted octanol–water partition coefficient (Wildman–Crippen LogP) is 1.85. The summed E-state index contributed by atoms with van der Waals surface area (Å²) in [6.45, 7) is 4.41. The summed E-state index contributed by atoms with van der Waals surface area (Å²) in [6, 6.07) is 0. The number of hydrogen-bond donors (Lipinski definition) is 1. The van der Waals surface area contributed by atoms with Crippen molar-refractivity contribution in [1.29, 1.82) is 0 Å². The molecule has 6 heteroatoms. The number of rotatable bonds is 5. The number of alkyl halides is 1. The third kappa shape index (κ3) is 3.43. The van der Waals surface area contributed by atoms with Crippen molar-refractivity contribution in [3.8, 4) is 0 Å². The maximum atomic E-state index is 11.7. The SMILES string of the molecule is CCc1nnsc1C(=O)NCC(Cl)CC. The Labute approximate surface area is 98.2 Å². The van der Waals surface area contributed by atoms with Crippen LogP contribution in [0.2, 0.25) is 0 Å². The van der Waals surface area contributed by atoms with Crippen LogP contribution >= 0.6 is 23.1 Å². The summed E-state index contributed by atoms with van der Waals surface area (Å²) >= 11 is 7.03. The standard InChI is InChI=1S/C9H14ClN3OS/c1-3-6(10)5-11-9(14)8-7(4-2)12-13-15-8/h6H,3-5H2,1-2H3,(H,11,14). The van der Waals surface area contributed by atoms with Gasteiger partial charge in [0.25, 0.3) is 5.91 Å². The lowest BCUT2D eigenvalue weighted by Crippen LogP contribution is -2.29. The Hall–Kier alpha value is -0.680. The monoisotopic (exact) mass is 247 g/mol. The van der Waals surface area contributed by atoms with E-state index in [0.717, 1.165) is 30.1 Å². The first-order chi connectivity index (χ1) is 7.19. The Morgan fingerprint density at radius 3 is 2.93 bits per heavy atom. The lowest BCUT2D eigenvalue weighted by atomic mass is 10.3. The molecule has 1 amide bonds. The van der Waals surface area contributed by atoms with E-state index < -0.39 is 0 Å². The van der Waals surface area contributed by atoms with E-state index in [2.05, 4.69) is 14.9 Å². The van der Waals surface area contributed by atoms with Crippen molar-refractivity contribution in [3.63, 3.8) is 0 Å². The van der Waals surface area contributed by atoms with Gasteiger partial charge in [0.05, 0.1) is 11.1 Å². The summed E-state index contributed by atoms with van der Waals surface area (Å²) in [5.74, 6) is -0.124. The molecule has 1 N–H and O–H groups in total. The van der Waals surface area contributed by atoms with Crippen molar-refractivity contribution in [2.75, 3.05) is 6.54 Å². The molecule has 0 bridgehead atoms. The molecule has 0 fully saturated rings. The average molecular weight is 248 g/mol. The van der Waals surface area contributed by atoms with Crippen LogP contribution in [-0.2, 0) is 6.42 Å². The molecule has 1 atom stereocenters. The van der Waals surface area contributed by atoms with Gasteiger partial charge >= 0.3 is 0 Å². The zero-order valence-corrected chi connectivity index (χ0v) is 10.4. The predicted molar refractivity (Wildman–Crippen MR) is 61.6 cm³/mol. The van der Waals surface area contributed by atoms with Crippen molar-refractivity contribution < 1.29 is 4.79 Å². The van der Waals surface area contributed by atoms with Crippen LogP contribution in [0.3, 0.4) is 0 Å². The van der Waals surface area contributed by atoms with Crippen molar-refractivity contribution in [2.45, 2.75) is 32.1 Å². The second-order valence-corrected chi connectivity index (χ2v) is 4.49. The maximum absolute atomic E-state index is 11.7. The van der Waals surface area contributed by atoms with E-state index in [1.54, 1.807) is 0 Å². The number of hydrogen-bond acceptors (Lipinski definition) is 4. The molecule has 1 aromatic rings. The molecule has 84 valence electrons. The zero-order valence-electron chi connectivity index (χ0n) is 8.79. The molecule has 0 saturated heterocycles. The van der Waals surface area contributed by atoms with E-state index in [1.807, 2.05) is 13.8 Å². The molecule has 1 unspecified atom stereocenters. The summed E-state index contributed by atoms with van der Waals surface area (Å²) < 4.78 is 3.76. The molecule has 0 spiro atoms. The first-order valence-corrected chi connectivity index (χ1v) is 6.13. The number of aryl methyl sites for hydroxylation is 1. The summed E-state index contributed by atoms with van der Waals surface area (Å²) in [6.07, 6.45) is 1.56. The third-order valence-corrected chi connectivity index (χ3v) is 3.25. The van der Waals surface area contributed by atoms with Gasteiger partial charge in [-0.05, 0) is 24.4 Å². The maximum Gasteiger partial charge on any atom is 0.264 e. The second-order valence-electron chi connectivity index (χ2n) is 3.12. The van der Waals surface area contributed by atoms with Crippen molar-refractivity contribution in [2.24, 2.45) is 0 Å². The number of carbonyl (C=O) groups is 1. The van der Waals surface area contributed by atoms with Crippen LogP contribution in [0.25, 0.3) is 0 Å². The smallest absolute Gasteiger partial charge is 0.264 e. The number of nitrogens with zero attached hydrogens (tertiary/aromatic N) is 2. The summed E-state index contributed by atoms with van der Waals surface area (Å²) in [5, 5.41) is 6.63. The van der Waals surface area contributed by atoms with Gasteiger partial charge in [-0.15, -0.1) is 16.7 Å². The van der Waals surface area contributed by atoms with Gasteiger partial charge < -0.3 is 5.32 Å². The van der Waals surface area contributed by atoms with E-state index in [-0.39, 0.29) is 11.3 Å². The molecule has 1 heterocycles. The molecule has 1 rings (SSSR count). The van der Waals surface area contributed by atoms with Gasteiger partial charge in [-0.25, -0.2) is 0 Å². The Bertz CT molecular complexity index is 329. The molecule has 0 aliphatic heterocycles. The summed E-state index contributed by atoms with van der Waals surface area (Å²) in [7, 11) is 0. The Morgan fingerprint density at radius 2 is 2.33 bits per heavy atom. The van der Waals surface area contributed by atoms with Gasteiger partial charge in [-0.1, -0.05) is 18.3 Å². The summed E-state index contributed by atoms with van der Waals surface area (Å²) in [5.41, 5.74) is 0.750. The van der Waals surface area contributed by atoms with Crippen LogP contribution in [0.5, 0.6) is 0 Å². The highest BCUT2D eigenvalue weighted by atomic mass is 35.5. The quantitative estimate of drug-likeness (QED) is 0.808. The Balaban J connectivity index is 2.54. The van der Waals surface area contributed by atoms with Gasteiger partial charge in [-0.3, -0.25) is 4.79 Å². The topological polar surface area (TPSA) is 54.9 Å². The molecule has 0 saturated carbocycles. The Kier molecular flexibility index (Phi) is 4.98. The van der Waals surface area contributed by atoms with Crippen molar-refractivity contribution in [1.82, 2.24) is 14.9 Å². The first-order valence-electron chi connectivity index (χ1n) is 4.92. The lowest BCUT2D eigenvalue weighted by molar-refractivity contribution is 0.0956. The van der Waals surface area contributed by atoms with Crippen LogP contribution in [0, 0.1) is 0 Å². The van der Waals surface area contributed by atoms with E-state index in [9.17, 15) is 4.79 Å². The fourth-order valence-corrected chi connectivity index (χ4v) is 1.78. The van der Waals surface area contributed by atoms with Crippen LogP contribution in [-0.4, -0.2) is 27.4 Å². The van der Waals surface area contributed by atoms with Crippen molar-refractivity contribution >= 4 is 29.0 Å². The zero-order chi connectivity index (χ0) is 11.3. The molecule has 0 aromatic carbocycles. The first kappa shape index (κ1) is 12.4. The van der Waals surface area contributed by atoms with Crippen LogP contribution < -0.4 is 5.32 Å². The molecule has 4 nitrogen and oxygen atoms in total. The largest absolute Gasteiger partial charge is 0.350 e. The van der Waals surface area contributed by atoms with E-state index >= 15 is 0 Å². The van der Waals surface area contributed by atoms with Crippen LogP contribution in [0.1, 0.15) is 35.6 Å². The highest BCUT2D eigenvalue weighted by Gasteiger charge is 2.15. The van der Waals surface area contributed by atoms with Crippen LogP contribution in [0.4, 0.5) is 0 Å². The highest BCUT2D eigenvalue weighted by Crippen LogP contribution is 2.11. The molecular weight excluding hydrogens is 234 g/mol. The average Bonchev–Trinajstić information content (AvgIpc) is 2.73. The normalized spacial score (nSPS) is 12.5.